The van der Waals surface area contributed by atoms with Crippen LogP contribution >= 0.6 is 11.9 Å². The topological polar surface area (TPSA) is 28.0 Å². The van der Waals surface area contributed by atoms with E-state index >= 15 is 0 Å². The quantitative estimate of drug-likeness (QED) is 0.651. The SMILES string of the molecule is C1=CC2=NC(SN3CCCCC3)=NC2C=C1. The molecule has 1 saturated heterocycles. The summed E-state index contributed by atoms with van der Waals surface area (Å²) in [6.45, 7) is 2.34. The van der Waals surface area contributed by atoms with Gasteiger partial charge in [0.15, 0.2) is 5.17 Å². The van der Waals surface area contributed by atoms with Gasteiger partial charge < -0.3 is 0 Å². The van der Waals surface area contributed by atoms with Gasteiger partial charge in [-0.05, 0) is 30.9 Å². The van der Waals surface area contributed by atoms with Gasteiger partial charge in [-0.25, -0.2) is 14.3 Å². The minimum Gasteiger partial charge on any atom is -0.246 e. The van der Waals surface area contributed by atoms with E-state index in [1.807, 2.05) is 12.2 Å². The molecule has 0 amide bonds. The fourth-order valence-electron chi connectivity index (χ4n) is 2.11. The third-order valence-electron chi connectivity index (χ3n) is 2.97. The van der Waals surface area contributed by atoms with Gasteiger partial charge in [0.25, 0.3) is 0 Å². The summed E-state index contributed by atoms with van der Waals surface area (Å²) in [6, 6.07) is 0.178. The number of aliphatic imine (C=N–C) groups is 2. The maximum absolute atomic E-state index is 4.60. The Hall–Kier alpha value is -0.870. The van der Waals surface area contributed by atoms with Gasteiger partial charge in [-0.3, -0.25) is 0 Å². The summed E-state index contributed by atoms with van der Waals surface area (Å²) in [5.74, 6) is 0. The highest BCUT2D eigenvalue weighted by atomic mass is 32.2. The predicted molar refractivity (Wildman–Crippen MR) is 70.0 cm³/mol. The third-order valence-corrected chi connectivity index (χ3v) is 3.96. The van der Waals surface area contributed by atoms with Gasteiger partial charge in [0.05, 0.1) is 5.71 Å². The normalized spacial score (nSPS) is 28.9. The van der Waals surface area contributed by atoms with Gasteiger partial charge in [0.2, 0.25) is 0 Å². The summed E-state index contributed by atoms with van der Waals surface area (Å²) in [6.07, 6.45) is 12.2. The van der Waals surface area contributed by atoms with Crippen molar-refractivity contribution in [3.63, 3.8) is 0 Å². The number of rotatable bonds is 1. The molecule has 0 bridgehead atoms. The largest absolute Gasteiger partial charge is 0.246 e. The lowest BCUT2D eigenvalue weighted by Gasteiger charge is -2.23. The molecule has 2 aliphatic heterocycles. The summed E-state index contributed by atoms with van der Waals surface area (Å²) in [5, 5.41) is 0.929. The minimum atomic E-state index is 0.178. The van der Waals surface area contributed by atoms with Crippen molar-refractivity contribution in [3.8, 4) is 0 Å². The van der Waals surface area contributed by atoms with Gasteiger partial charge in [-0.15, -0.1) is 0 Å². The first-order valence-electron chi connectivity index (χ1n) is 5.86. The third kappa shape index (κ3) is 2.13. The molecule has 0 N–H and O–H groups in total. The summed E-state index contributed by atoms with van der Waals surface area (Å²) >= 11 is 1.72. The molecule has 84 valence electrons. The first-order chi connectivity index (χ1) is 7.92. The van der Waals surface area contributed by atoms with Crippen molar-refractivity contribution in [2.75, 3.05) is 13.1 Å². The Balaban J connectivity index is 1.66. The maximum Gasteiger partial charge on any atom is 0.199 e. The Morgan fingerprint density at radius 2 is 2.06 bits per heavy atom. The van der Waals surface area contributed by atoms with Gasteiger partial charge in [0, 0.05) is 13.1 Å². The van der Waals surface area contributed by atoms with Crippen LogP contribution in [0.1, 0.15) is 19.3 Å². The smallest absolute Gasteiger partial charge is 0.199 e. The lowest BCUT2D eigenvalue weighted by Crippen LogP contribution is -2.24. The van der Waals surface area contributed by atoms with E-state index in [0.29, 0.717) is 0 Å². The maximum atomic E-state index is 4.60. The van der Waals surface area contributed by atoms with E-state index in [0.717, 1.165) is 10.9 Å². The van der Waals surface area contributed by atoms with Gasteiger partial charge in [0.1, 0.15) is 6.04 Å². The van der Waals surface area contributed by atoms with E-state index in [-0.39, 0.29) is 6.04 Å². The van der Waals surface area contributed by atoms with Crippen molar-refractivity contribution >= 4 is 22.8 Å². The summed E-state index contributed by atoms with van der Waals surface area (Å²) in [5.41, 5.74) is 1.09. The van der Waals surface area contributed by atoms with Crippen LogP contribution in [-0.2, 0) is 0 Å². The van der Waals surface area contributed by atoms with E-state index in [4.69, 9.17) is 0 Å². The van der Waals surface area contributed by atoms with E-state index < -0.39 is 0 Å². The fourth-order valence-corrected chi connectivity index (χ4v) is 3.09. The van der Waals surface area contributed by atoms with Gasteiger partial charge >= 0.3 is 0 Å². The summed E-state index contributed by atoms with van der Waals surface area (Å²) in [4.78, 5) is 9.15. The van der Waals surface area contributed by atoms with Gasteiger partial charge in [-0.1, -0.05) is 24.6 Å². The number of amidine groups is 1. The number of hydrogen-bond acceptors (Lipinski definition) is 4. The number of hydrogen-bond donors (Lipinski definition) is 0. The average molecular weight is 233 g/mol. The molecule has 2 heterocycles. The van der Waals surface area contributed by atoms with E-state index in [1.54, 1.807) is 11.9 Å². The van der Waals surface area contributed by atoms with Crippen LogP contribution in [0, 0.1) is 0 Å². The van der Waals surface area contributed by atoms with Crippen molar-refractivity contribution in [2.24, 2.45) is 9.98 Å². The zero-order chi connectivity index (χ0) is 10.8. The molecule has 3 nitrogen and oxygen atoms in total. The summed E-state index contributed by atoms with van der Waals surface area (Å²) in [7, 11) is 0. The van der Waals surface area contributed by atoms with E-state index in [1.165, 1.54) is 32.4 Å². The Labute approximate surface area is 100 Å². The number of allylic oxidation sites excluding steroid dienone is 2. The molecule has 1 aliphatic carbocycles. The second kappa shape index (κ2) is 4.55. The Morgan fingerprint density at radius 1 is 1.19 bits per heavy atom. The second-order valence-electron chi connectivity index (χ2n) is 4.22. The zero-order valence-corrected chi connectivity index (χ0v) is 9.99. The van der Waals surface area contributed by atoms with Crippen LogP contribution in [-0.4, -0.2) is 34.3 Å². The zero-order valence-electron chi connectivity index (χ0n) is 9.17. The molecule has 0 radical (unpaired) electrons. The molecule has 0 aromatic heterocycles. The lowest BCUT2D eigenvalue weighted by atomic mass is 10.1. The molecule has 4 heteroatoms. The molecule has 0 spiro atoms. The molecular weight excluding hydrogens is 218 g/mol. The first kappa shape index (κ1) is 10.3. The van der Waals surface area contributed by atoms with Crippen LogP contribution in [0.3, 0.4) is 0 Å². The fraction of sp³-hybridized carbons (Fsp3) is 0.500. The Kier molecular flexibility index (Phi) is 2.93. The molecular formula is C12H15N3S. The molecule has 1 atom stereocenters. The first-order valence-corrected chi connectivity index (χ1v) is 6.63. The molecule has 3 rings (SSSR count). The van der Waals surface area contributed by atoms with Crippen LogP contribution in [0.4, 0.5) is 0 Å². The van der Waals surface area contributed by atoms with Crippen molar-refractivity contribution in [3.05, 3.63) is 24.3 Å². The van der Waals surface area contributed by atoms with Gasteiger partial charge in [-0.2, -0.15) is 0 Å². The average Bonchev–Trinajstić information content (AvgIpc) is 2.72. The molecule has 0 aromatic rings. The molecule has 16 heavy (non-hydrogen) atoms. The number of piperidine rings is 1. The van der Waals surface area contributed by atoms with Crippen LogP contribution in [0.15, 0.2) is 34.3 Å². The predicted octanol–water partition coefficient (Wildman–Crippen LogP) is 2.43. The lowest BCUT2D eigenvalue weighted by molar-refractivity contribution is 0.383. The monoisotopic (exact) mass is 233 g/mol. The Bertz CT molecular complexity index is 389. The van der Waals surface area contributed by atoms with Crippen molar-refractivity contribution < 1.29 is 0 Å². The van der Waals surface area contributed by atoms with Crippen LogP contribution < -0.4 is 0 Å². The highest BCUT2D eigenvalue weighted by Crippen LogP contribution is 2.24. The van der Waals surface area contributed by atoms with Crippen molar-refractivity contribution in [2.45, 2.75) is 25.3 Å². The van der Waals surface area contributed by atoms with Crippen molar-refractivity contribution in [1.29, 1.82) is 0 Å². The molecule has 0 aromatic carbocycles. The second-order valence-corrected chi connectivity index (χ2v) is 5.28. The number of nitrogens with zero attached hydrogens (tertiary/aromatic N) is 3. The van der Waals surface area contributed by atoms with E-state index in [9.17, 15) is 0 Å². The molecule has 1 unspecified atom stereocenters. The number of fused-ring (bicyclic) bond motifs is 1. The van der Waals surface area contributed by atoms with Crippen LogP contribution in [0.25, 0.3) is 0 Å². The summed E-state index contributed by atoms with van der Waals surface area (Å²) < 4.78 is 2.39. The minimum absolute atomic E-state index is 0.178. The van der Waals surface area contributed by atoms with Crippen molar-refractivity contribution in [1.82, 2.24) is 4.31 Å². The van der Waals surface area contributed by atoms with Crippen LogP contribution in [0.2, 0.25) is 0 Å². The molecule has 1 fully saturated rings. The Morgan fingerprint density at radius 3 is 2.88 bits per heavy atom. The highest BCUT2D eigenvalue weighted by Gasteiger charge is 2.22. The van der Waals surface area contributed by atoms with Crippen LogP contribution in [0.5, 0.6) is 0 Å². The van der Waals surface area contributed by atoms with E-state index in [2.05, 4.69) is 26.4 Å². The standard InChI is InChI=1S/C12H15N3S/c1-4-8-15(9-5-1)16-12-13-10-6-2-3-7-11(10)14-12/h2-3,6-7,10H,1,4-5,8-9H2. The highest BCUT2D eigenvalue weighted by molar-refractivity contribution is 8.11. The molecule has 0 saturated carbocycles. The molecule has 3 aliphatic rings.